The second-order valence-corrected chi connectivity index (χ2v) is 8.48. The number of fused-ring (bicyclic) bond motifs is 1. The molecule has 0 radical (unpaired) electrons. The topological polar surface area (TPSA) is 73.2 Å². The van der Waals surface area contributed by atoms with Gasteiger partial charge in [0.15, 0.2) is 0 Å². The van der Waals surface area contributed by atoms with Gasteiger partial charge in [-0.25, -0.2) is 4.98 Å². The molecule has 0 saturated carbocycles. The van der Waals surface area contributed by atoms with Gasteiger partial charge in [-0.15, -0.1) is 0 Å². The third kappa shape index (κ3) is 6.82. The summed E-state index contributed by atoms with van der Waals surface area (Å²) in [5.74, 6) is 0.601. The number of aryl methyl sites for hydroxylation is 1. The van der Waals surface area contributed by atoms with Gasteiger partial charge in [0.25, 0.3) is 0 Å². The van der Waals surface area contributed by atoms with E-state index in [0.29, 0.717) is 11.6 Å². The monoisotopic (exact) mass is 455 g/mol. The van der Waals surface area contributed by atoms with Gasteiger partial charge in [-0.05, 0) is 50.5 Å². The van der Waals surface area contributed by atoms with E-state index in [1.165, 1.54) is 0 Å². The zero-order valence-electron chi connectivity index (χ0n) is 18.6. The van der Waals surface area contributed by atoms with E-state index in [4.69, 9.17) is 21.3 Å². The van der Waals surface area contributed by atoms with E-state index in [9.17, 15) is 9.59 Å². The van der Waals surface area contributed by atoms with Crippen molar-refractivity contribution in [1.29, 1.82) is 0 Å². The maximum absolute atomic E-state index is 12.2. The van der Waals surface area contributed by atoms with Crippen LogP contribution in [0.2, 0.25) is 5.02 Å². The Kier molecular flexibility index (Phi) is 8.68. The van der Waals surface area contributed by atoms with Crippen LogP contribution in [-0.2, 0) is 33.7 Å². The lowest BCUT2D eigenvalue weighted by molar-refractivity contribution is -0.148. The van der Waals surface area contributed by atoms with Crippen LogP contribution < -0.4 is 5.32 Å². The minimum Gasteiger partial charge on any atom is -0.462 e. The molecule has 0 bridgehead atoms. The molecule has 32 heavy (non-hydrogen) atoms. The number of benzene rings is 2. The van der Waals surface area contributed by atoms with Gasteiger partial charge >= 0.3 is 5.97 Å². The molecule has 1 aromatic heterocycles. The highest BCUT2D eigenvalue weighted by Gasteiger charge is 2.15. The molecule has 7 heteroatoms. The van der Waals surface area contributed by atoms with Gasteiger partial charge in [0.05, 0.1) is 23.6 Å². The van der Waals surface area contributed by atoms with Crippen LogP contribution in [0.25, 0.3) is 11.0 Å². The largest absolute Gasteiger partial charge is 0.462 e. The fourth-order valence-electron chi connectivity index (χ4n) is 3.61. The van der Waals surface area contributed by atoms with Crippen LogP contribution in [0.15, 0.2) is 48.5 Å². The Morgan fingerprint density at radius 3 is 2.59 bits per heavy atom. The molecule has 1 amide bonds. The van der Waals surface area contributed by atoms with E-state index in [0.717, 1.165) is 48.1 Å². The quantitative estimate of drug-likeness (QED) is 0.335. The molecular weight excluding hydrogens is 426 g/mol. The summed E-state index contributed by atoms with van der Waals surface area (Å²) in [5.41, 5.74) is 2.66. The highest BCUT2D eigenvalue weighted by molar-refractivity contribution is 6.31. The van der Waals surface area contributed by atoms with Gasteiger partial charge in [-0.3, -0.25) is 9.59 Å². The summed E-state index contributed by atoms with van der Waals surface area (Å²) in [7, 11) is 0. The summed E-state index contributed by atoms with van der Waals surface area (Å²) < 4.78 is 7.27. The maximum Gasteiger partial charge on any atom is 0.326 e. The highest BCUT2D eigenvalue weighted by Crippen LogP contribution is 2.18. The number of rotatable bonds is 11. The number of imidazole rings is 1. The number of halogens is 1. The number of esters is 1. The van der Waals surface area contributed by atoms with E-state index in [1.807, 2.05) is 60.9 Å². The maximum atomic E-state index is 12.2. The minimum absolute atomic E-state index is 0.0245. The summed E-state index contributed by atoms with van der Waals surface area (Å²) in [6, 6.07) is 15.2. The van der Waals surface area contributed by atoms with Crippen LogP contribution in [0.3, 0.4) is 0 Å². The molecule has 6 nitrogen and oxygen atoms in total. The van der Waals surface area contributed by atoms with Crippen molar-refractivity contribution in [2.45, 2.75) is 58.6 Å². The van der Waals surface area contributed by atoms with Crippen LogP contribution in [0.5, 0.6) is 0 Å². The van der Waals surface area contributed by atoms with E-state index in [2.05, 4.69) is 5.32 Å². The molecule has 0 atom stereocenters. The molecule has 0 aliphatic rings. The summed E-state index contributed by atoms with van der Waals surface area (Å²) in [5, 5.41) is 3.57. The van der Waals surface area contributed by atoms with E-state index in [1.54, 1.807) is 6.07 Å². The SMILES string of the molecule is CC(C)OC(=O)Cn1c(CCCCCNC(=O)Cc2ccccc2Cl)nc2ccccc21. The molecule has 1 N–H and O–H groups in total. The molecule has 0 fully saturated rings. The first-order valence-electron chi connectivity index (χ1n) is 11.1. The van der Waals surface area contributed by atoms with Crippen LogP contribution >= 0.6 is 11.6 Å². The second kappa shape index (κ2) is 11.7. The summed E-state index contributed by atoms with van der Waals surface area (Å²) >= 11 is 6.11. The van der Waals surface area contributed by atoms with E-state index >= 15 is 0 Å². The number of carbonyl (C=O) groups is 2. The lowest BCUT2D eigenvalue weighted by Gasteiger charge is -2.11. The van der Waals surface area contributed by atoms with Crippen molar-refractivity contribution in [1.82, 2.24) is 14.9 Å². The molecular formula is C25H30ClN3O3. The molecule has 2 aromatic carbocycles. The number of nitrogens with one attached hydrogen (secondary N) is 1. The van der Waals surface area contributed by atoms with E-state index < -0.39 is 0 Å². The number of para-hydroxylation sites is 2. The Balaban J connectivity index is 1.47. The third-order valence-corrected chi connectivity index (χ3v) is 5.46. The first kappa shape index (κ1) is 23.8. The van der Waals surface area contributed by atoms with Crippen molar-refractivity contribution in [3.8, 4) is 0 Å². The number of amides is 1. The van der Waals surface area contributed by atoms with Crippen molar-refractivity contribution < 1.29 is 14.3 Å². The highest BCUT2D eigenvalue weighted by atomic mass is 35.5. The number of nitrogens with zero attached hydrogens (tertiary/aromatic N) is 2. The minimum atomic E-state index is -0.259. The average molecular weight is 456 g/mol. The first-order valence-corrected chi connectivity index (χ1v) is 11.5. The van der Waals surface area contributed by atoms with Crippen molar-refractivity contribution in [2.24, 2.45) is 0 Å². The van der Waals surface area contributed by atoms with Gasteiger partial charge in [-0.1, -0.05) is 48.4 Å². The Labute approximate surface area is 193 Å². The van der Waals surface area contributed by atoms with Crippen molar-refractivity contribution in [3.63, 3.8) is 0 Å². The standard InChI is InChI=1S/C25H30ClN3O3/c1-18(2)32-25(31)17-29-22-13-8-7-12-21(22)28-23(29)14-4-3-9-15-27-24(30)16-19-10-5-6-11-20(19)26/h5-8,10-13,18H,3-4,9,14-17H2,1-2H3,(H,27,30). The lowest BCUT2D eigenvalue weighted by Crippen LogP contribution is -2.26. The fourth-order valence-corrected chi connectivity index (χ4v) is 3.81. The van der Waals surface area contributed by atoms with Crippen LogP contribution in [-0.4, -0.2) is 34.1 Å². The molecule has 3 aromatic rings. The molecule has 170 valence electrons. The zero-order valence-corrected chi connectivity index (χ0v) is 19.4. The third-order valence-electron chi connectivity index (χ3n) is 5.10. The Hall–Kier alpha value is -2.86. The Morgan fingerprint density at radius 2 is 1.81 bits per heavy atom. The second-order valence-electron chi connectivity index (χ2n) is 8.07. The van der Waals surface area contributed by atoms with Gasteiger partial charge < -0.3 is 14.6 Å². The summed E-state index contributed by atoms with van der Waals surface area (Å²) in [4.78, 5) is 29.1. The number of hydrogen-bond donors (Lipinski definition) is 1. The van der Waals surface area contributed by atoms with Gasteiger partial charge in [-0.2, -0.15) is 0 Å². The van der Waals surface area contributed by atoms with Gasteiger partial charge in [0, 0.05) is 18.0 Å². The number of ether oxygens (including phenoxy) is 1. The lowest BCUT2D eigenvalue weighted by atomic mass is 10.1. The average Bonchev–Trinajstić information content (AvgIpc) is 3.09. The first-order chi connectivity index (χ1) is 15.4. The van der Waals surface area contributed by atoms with Crippen molar-refractivity contribution >= 4 is 34.5 Å². The summed E-state index contributed by atoms with van der Waals surface area (Å²) in [6.45, 7) is 4.47. The van der Waals surface area contributed by atoms with Crippen LogP contribution in [0.4, 0.5) is 0 Å². The normalized spacial score (nSPS) is 11.1. The smallest absolute Gasteiger partial charge is 0.326 e. The Morgan fingerprint density at radius 1 is 1.06 bits per heavy atom. The fraction of sp³-hybridized carbons (Fsp3) is 0.400. The Bertz CT molecular complexity index is 1060. The predicted molar refractivity (Wildman–Crippen MR) is 127 cm³/mol. The van der Waals surface area contributed by atoms with Crippen LogP contribution in [0, 0.1) is 0 Å². The van der Waals surface area contributed by atoms with Crippen LogP contribution in [0.1, 0.15) is 44.5 Å². The van der Waals surface area contributed by atoms with Crippen molar-refractivity contribution in [2.75, 3.05) is 6.54 Å². The number of aromatic nitrogens is 2. The number of unbranched alkanes of at least 4 members (excludes halogenated alkanes) is 2. The molecule has 0 aliphatic heterocycles. The number of carbonyl (C=O) groups excluding carboxylic acids is 2. The van der Waals surface area contributed by atoms with Gasteiger partial charge in [0.2, 0.25) is 5.91 Å². The molecule has 0 aliphatic carbocycles. The molecule has 0 saturated heterocycles. The molecule has 0 unspecified atom stereocenters. The van der Waals surface area contributed by atoms with E-state index in [-0.39, 0.29) is 30.9 Å². The number of hydrogen-bond acceptors (Lipinski definition) is 4. The summed E-state index contributed by atoms with van der Waals surface area (Å²) in [6.07, 6.45) is 3.65. The zero-order chi connectivity index (χ0) is 22.9. The predicted octanol–water partition coefficient (Wildman–Crippen LogP) is 4.71. The molecule has 1 heterocycles. The van der Waals surface area contributed by atoms with Gasteiger partial charge in [0.1, 0.15) is 12.4 Å². The molecule has 3 rings (SSSR count). The van der Waals surface area contributed by atoms with Crippen molar-refractivity contribution in [3.05, 3.63) is 64.9 Å². The molecule has 0 spiro atoms.